The Kier molecular flexibility index (Phi) is 2.89. The third kappa shape index (κ3) is 2.02. The molecule has 1 aromatic carbocycles. The van der Waals surface area contributed by atoms with Gasteiger partial charge in [0.1, 0.15) is 11.9 Å². The van der Waals surface area contributed by atoms with Gasteiger partial charge in [-0.2, -0.15) is 13.2 Å². The Morgan fingerprint density at radius 2 is 2.10 bits per heavy atom. The molecule has 2 heterocycles. The van der Waals surface area contributed by atoms with Gasteiger partial charge in [-0.05, 0) is 18.2 Å². The first-order valence-corrected chi connectivity index (χ1v) is 6.23. The number of nitrogens with one attached hydrogen (secondary N) is 1. The van der Waals surface area contributed by atoms with Crippen molar-refractivity contribution in [2.45, 2.75) is 18.3 Å². The minimum absolute atomic E-state index is 0.0308. The van der Waals surface area contributed by atoms with Gasteiger partial charge < -0.3 is 15.0 Å². The van der Waals surface area contributed by atoms with Gasteiger partial charge in [0.15, 0.2) is 0 Å². The van der Waals surface area contributed by atoms with Crippen LogP contribution in [0.15, 0.2) is 18.2 Å². The second-order valence-corrected chi connectivity index (χ2v) is 5.01. The van der Waals surface area contributed by atoms with Crippen molar-refractivity contribution in [2.24, 2.45) is 0 Å². The van der Waals surface area contributed by atoms with Crippen molar-refractivity contribution >= 4 is 5.91 Å². The summed E-state index contributed by atoms with van der Waals surface area (Å²) < 4.78 is 43.9. The van der Waals surface area contributed by atoms with Crippen LogP contribution in [0.2, 0.25) is 0 Å². The molecule has 2 atom stereocenters. The Morgan fingerprint density at radius 3 is 2.80 bits per heavy atom. The van der Waals surface area contributed by atoms with Crippen LogP contribution in [-0.4, -0.2) is 43.1 Å². The molecule has 1 fully saturated rings. The van der Waals surface area contributed by atoms with Crippen LogP contribution in [0.4, 0.5) is 13.2 Å². The number of nitrogens with zero attached hydrogens (tertiary/aromatic N) is 1. The first kappa shape index (κ1) is 13.2. The van der Waals surface area contributed by atoms with Crippen LogP contribution in [-0.2, 0) is 6.18 Å². The highest BCUT2D eigenvalue weighted by Gasteiger charge is 2.40. The van der Waals surface area contributed by atoms with Gasteiger partial charge in [0.05, 0.1) is 17.2 Å². The zero-order valence-corrected chi connectivity index (χ0v) is 10.7. The van der Waals surface area contributed by atoms with Crippen LogP contribution >= 0.6 is 0 Å². The quantitative estimate of drug-likeness (QED) is 0.786. The SMILES string of the molecule is CN1C(=O)c2cc(C(F)(F)F)ccc2O[C@H]2CNC[C@H]21. The van der Waals surface area contributed by atoms with Crippen molar-refractivity contribution in [3.8, 4) is 5.75 Å². The number of benzene rings is 1. The van der Waals surface area contributed by atoms with E-state index in [0.717, 1.165) is 12.1 Å². The summed E-state index contributed by atoms with van der Waals surface area (Å²) >= 11 is 0. The third-order valence-electron chi connectivity index (χ3n) is 3.76. The number of rotatable bonds is 0. The Bertz CT molecular complexity index is 559. The van der Waals surface area contributed by atoms with Crippen LogP contribution in [0.1, 0.15) is 15.9 Å². The molecule has 0 bridgehead atoms. The molecule has 7 heteroatoms. The smallest absolute Gasteiger partial charge is 0.416 e. The number of amides is 1. The van der Waals surface area contributed by atoms with E-state index in [1.807, 2.05) is 0 Å². The molecule has 2 aliphatic rings. The first-order valence-electron chi connectivity index (χ1n) is 6.23. The molecule has 1 saturated heterocycles. The molecule has 2 aliphatic heterocycles. The first-order chi connectivity index (χ1) is 9.38. The Morgan fingerprint density at radius 1 is 1.35 bits per heavy atom. The van der Waals surface area contributed by atoms with Crippen LogP contribution in [0, 0.1) is 0 Å². The normalized spacial score (nSPS) is 25.8. The Hall–Kier alpha value is -1.76. The highest BCUT2D eigenvalue weighted by molar-refractivity contribution is 5.97. The van der Waals surface area contributed by atoms with E-state index >= 15 is 0 Å². The van der Waals surface area contributed by atoms with E-state index in [1.165, 1.54) is 11.0 Å². The van der Waals surface area contributed by atoms with Crippen molar-refractivity contribution in [1.82, 2.24) is 10.2 Å². The summed E-state index contributed by atoms with van der Waals surface area (Å²) in [5.41, 5.74) is -0.872. The molecule has 0 spiro atoms. The lowest BCUT2D eigenvalue weighted by Gasteiger charge is -2.24. The predicted molar refractivity (Wildman–Crippen MR) is 64.6 cm³/mol. The van der Waals surface area contributed by atoms with Gasteiger partial charge in [0.2, 0.25) is 0 Å². The maximum Gasteiger partial charge on any atom is 0.416 e. The molecule has 1 aromatic rings. The fraction of sp³-hybridized carbons (Fsp3) is 0.462. The largest absolute Gasteiger partial charge is 0.486 e. The van der Waals surface area contributed by atoms with Crippen molar-refractivity contribution in [3.05, 3.63) is 29.3 Å². The Balaban J connectivity index is 2.06. The summed E-state index contributed by atoms with van der Waals surface area (Å²) in [4.78, 5) is 13.8. The van der Waals surface area contributed by atoms with E-state index in [2.05, 4.69) is 5.32 Å². The molecule has 3 rings (SSSR count). The molecule has 0 aliphatic carbocycles. The molecule has 0 saturated carbocycles. The minimum atomic E-state index is -4.47. The molecular weight excluding hydrogens is 273 g/mol. The highest BCUT2D eigenvalue weighted by atomic mass is 19.4. The average Bonchev–Trinajstić information content (AvgIpc) is 2.81. The summed E-state index contributed by atoms with van der Waals surface area (Å²) in [6.45, 7) is 1.15. The number of halogens is 3. The van der Waals surface area contributed by atoms with Gasteiger partial charge in [0.25, 0.3) is 5.91 Å². The summed E-state index contributed by atoms with van der Waals surface area (Å²) in [6, 6.07) is 2.87. The number of ether oxygens (including phenoxy) is 1. The maximum absolute atomic E-state index is 12.7. The highest BCUT2D eigenvalue weighted by Crippen LogP contribution is 2.35. The molecular formula is C13H13F3N2O2. The summed E-state index contributed by atoms with van der Waals surface area (Å²) in [7, 11) is 1.59. The van der Waals surface area contributed by atoms with E-state index in [-0.39, 0.29) is 23.5 Å². The van der Waals surface area contributed by atoms with Crippen molar-refractivity contribution < 1.29 is 22.7 Å². The summed E-state index contributed by atoms with van der Waals surface area (Å²) in [6.07, 6.45) is -4.71. The number of carbonyl (C=O) groups excluding carboxylic acids is 1. The lowest BCUT2D eigenvalue weighted by molar-refractivity contribution is -0.137. The minimum Gasteiger partial charge on any atom is -0.486 e. The third-order valence-corrected chi connectivity index (χ3v) is 3.76. The monoisotopic (exact) mass is 286 g/mol. The van der Waals surface area contributed by atoms with E-state index in [1.54, 1.807) is 7.05 Å². The second-order valence-electron chi connectivity index (χ2n) is 5.01. The number of hydrogen-bond donors (Lipinski definition) is 1. The lowest BCUT2D eigenvalue weighted by Crippen LogP contribution is -2.44. The molecule has 1 amide bonds. The van der Waals surface area contributed by atoms with E-state index in [0.29, 0.717) is 13.1 Å². The second kappa shape index (κ2) is 4.37. The molecule has 0 aromatic heterocycles. The fourth-order valence-electron chi connectivity index (χ4n) is 2.63. The van der Waals surface area contributed by atoms with E-state index in [4.69, 9.17) is 4.74 Å². The van der Waals surface area contributed by atoms with Crippen LogP contribution in [0.25, 0.3) is 0 Å². The lowest BCUT2D eigenvalue weighted by atomic mass is 10.1. The van der Waals surface area contributed by atoms with Crippen LogP contribution in [0.3, 0.4) is 0 Å². The summed E-state index contributed by atoms with van der Waals surface area (Å²) in [5, 5.41) is 3.11. The molecule has 0 radical (unpaired) electrons. The van der Waals surface area contributed by atoms with Gasteiger partial charge in [-0.3, -0.25) is 4.79 Å². The van der Waals surface area contributed by atoms with Crippen molar-refractivity contribution in [3.63, 3.8) is 0 Å². The predicted octanol–water partition coefficient (Wildman–Crippen LogP) is 1.51. The van der Waals surface area contributed by atoms with E-state index in [9.17, 15) is 18.0 Å². The number of alkyl halides is 3. The fourth-order valence-corrected chi connectivity index (χ4v) is 2.63. The number of fused-ring (bicyclic) bond motifs is 2. The van der Waals surface area contributed by atoms with Gasteiger partial charge in [-0.1, -0.05) is 0 Å². The van der Waals surface area contributed by atoms with Gasteiger partial charge in [-0.15, -0.1) is 0 Å². The van der Waals surface area contributed by atoms with Crippen molar-refractivity contribution in [2.75, 3.05) is 20.1 Å². The zero-order chi connectivity index (χ0) is 14.5. The number of hydrogen-bond acceptors (Lipinski definition) is 3. The van der Waals surface area contributed by atoms with Crippen LogP contribution in [0.5, 0.6) is 5.75 Å². The number of likely N-dealkylation sites (N-methyl/N-ethyl adjacent to an activating group) is 1. The standard InChI is InChI=1S/C13H13F3N2O2/c1-18-9-5-17-6-11(9)20-10-3-2-7(13(14,15)16)4-8(10)12(18)19/h2-4,9,11,17H,5-6H2,1H3/t9-,11+/m1/s1. The Labute approximate surface area is 113 Å². The molecule has 4 nitrogen and oxygen atoms in total. The summed E-state index contributed by atoms with van der Waals surface area (Å²) in [5.74, 6) is -0.228. The average molecular weight is 286 g/mol. The molecule has 1 N–H and O–H groups in total. The van der Waals surface area contributed by atoms with E-state index < -0.39 is 17.6 Å². The number of carbonyl (C=O) groups is 1. The maximum atomic E-state index is 12.7. The van der Waals surface area contributed by atoms with Crippen molar-refractivity contribution in [1.29, 1.82) is 0 Å². The molecule has 0 unspecified atom stereocenters. The van der Waals surface area contributed by atoms with Gasteiger partial charge in [-0.25, -0.2) is 0 Å². The zero-order valence-electron chi connectivity index (χ0n) is 10.7. The topological polar surface area (TPSA) is 41.6 Å². The van der Waals surface area contributed by atoms with Gasteiger partial charge in [0, 0.05) is 20.1 Å². The molecule has 20 heavy (non-hydrogen) atoms. The van der Waals surface area contributed by atoms with Crippen LogP contribution < -0.4 is 10.1 Å². The molecule has 108 valence electrons. The van der Waals surface area contributed by atoms with Gasteiger partial charge >= 0.3 is 6.18 Å².